The SMILES string of the molecule is CC(C)(C)OC(=O)N[C@@H]1CCN(C(=O)CNC(=O)OCc2ccccc2)C1. The van der Waals surface area contributed by atoms with Gasteiger partial charge in [-0.2, -0.15) is 0 Å². The van der Waals surface area contributed by atoms with E-state index in [4.69, 9.17) is 9.47 Å². The lowest BCUT2D eigenvalue weighted by Gasteiger charge is -2.22. The van der Waals surface area contributed by atoms with Gasteiger partial charge in [0, 0.05) is 13.1 Å². The summed E-state index contributed by atoms with van der Waals surface area (Å²) in [6, 6.07) is 9.13. The molecular weight excluding hydrogens is 350 g/mol. The van der Waals surface area contributed by atoms with Crippen molar-refractivity contribution in [1.82, 2.24) is 15.5 Å². The van der Waals surface area contributed by atoms with Crippen molar-refractivity contribution in [2.24, 2.45) is 0 Å². The molecule has 0 aliphatic carbocycles. The maximum atomic E-state index is 12.2. The predicted molar refractivity (Wildman–Crippen MR) is 99.0 cm³/mol. The average molecular weight is 377 g/mol. The molecule has 8 heteroatoms. The van der Waals surface area contributed by atoms with Gasteiger partial charge in [-0.1, -0.05) is 30.3 Å². The highest BCUT2D eigenvalue weighted by Gasteiger charge is 2.28. The van der Waals surface area contributed by atoms with Gasteiger partial charge in [0.25, 0.3) is 0 Å². The molecule has 0 saturated carbocycles. The maximum Gasteiger partial charge on any atom is 0.407 e. The zero-order chi connectivity index (χ0) is 19.9. The summed E-state index contributed by atoms with van der Waals surface area (Å²) >= 11 is 0. The van der Waals surface area contributed by atoms with Crippen molar-refractivity contribution in [2.75, 3.05) is 19.6 Å². The topological polar surface area (TPSA) is 97.0 Å². The number of nitrogens with zero attached hydrogens (tertiary/aromatic N) is 1. The van der Waals surface area contributed by atoms with E-state index in [1.54, 1.807) is 25.7 Å². The van der Waals surface area contributed by atoms with Gasteiger partial charge in [0.15, 0.2) is 0 Å². The van der Waals surface area contributed by atoms with Crippen LogP contribution in [0.2, 0.25) is 0 Å². The minimum Gasteiger partial charge on any atom is -0.445 e. The van der Waals surface area contributed by atoms with Gasteiger partial charge in [0.2, 0.25) is 5.91 Å². The molecule has 1 atom stereocenters. The molecule has 3 amide bonds. The Balaban J connectivity index is 1.66. The van der Waals surface area contributed by atoms with E-state index < -0.39 is 17.8 Å². The average Bonchev–Trinajstić information content (AvgIpc) is 3.05. The highest BCUT2D eigenvalue weighted by atomic mass is 16.6. The Kier molecular flexibility index (Phi) is 7.04. The lowest BCUT2D eigenvalue weighted by atomic mass is 10.2. The van der Waals surface area contributed by atoms with Crippen LogP contribution in [0, 0.1) is 0 Å². The van der Waals surface area contributed by atoms with Crippen molar-refractivity contribution in [2.45, 2.75) is 45.4 Å². The fourth-order valence-electron chi connectivity index (χ4n) is 2.61. The van der Waals surface area contributed by atoms with Crippen LogP contribution in [0.1, 0.15) is 32.8 Å². The number of benzene rings is 1. The fraction of sp³-hybridized carbons (Fsp3) is 0.526. The second kappa shape index (κ2) is 9.25. The molecule has 0 radical (unpaired) electrons. The maximum absolute atomic E-state index is 12.2. The monoisotopic (exact) mass is 377 g/mol. The molecule has 1 heterocycles. The molecule has 2 N–H and O–H groups in total. The van der Waals surface area contributed by atoms with Gasteiger partial charge in [-0.05, 0) is 32.8 Å². The van der Waals surface area contributed by atoms with E-state index in [0.29, 0.717) is 19.5 Å². The Bertz CT molecular complexity index is 657. The number of nitrogens with one attached hydrogen (secondary N) is 2. The van der Waals surface area contributed by atoms with Crippen LogP contribution in [0.4, 0.5) is 9.59 Å². The summed E-state index contributed by atoms with van der Waals surface area (Å²) in [4.78, 5) is 37.3. The Morgan fingerprint density at radius 1 is 1.15 bits per heavy atom. The number of amides is 3. The molecule has 0 unspecified atom stereocenters. The summed E-state index contributed by atoms with van der Waals surface area (Å²) in [5.74, 6) is -0.222. The van der Waals surface area contributed by atoms with Crippen LogP contribution in [0.5, 0.6) is 0 Å². The molecule has 2 rings (SSSR count). The van der Waals surface area contributed by atoms with E-state index in [2.05, 4.69) is 10.6 Å². The molecule has 1 aliphatic heterocycles. The highest BCUT2D eigenvalue weighted by Crippen LogP contribution is 2.11. The van der Waals surface area contributed by atoms with Crippen LogP contribution in [0.15, 0.2) is 30.3 Å². The van der Waals surface area contributed by atoms with Gasteiger partial charge in [-0.15, -0.1) is 0 Å². The first-order valence-corrected chi connectivity index (χ1v) is 8.95. The minimum atomic E-state index is -0.644. The van der Waals surface area contributed by atoms with Gasteiger partial charge in [-0.3, -0.25) is 4.79 Å². The second-order valence-corrected chi connectivity index (χ2v) is 7.39. The van der Waals surface area contributed by atoms with Gasteiger partial charge < -0.3 is 25.0 Å². The van der Waals surface area contributed by atoms with Crippen molar-refractivity contribution in [3.63, 3.8) is 0 Å². The summed E-state index contributed by atoms with van der Waals surface area (Å²) in [6.07, 6.45) is -0.497. The lowest BCUT2D eigenvalue weighted by Crippen LogP contribution is -2.43. The van der Waals surface area contributed by atoms with Crippen molar-refractivity contribution in [3.05, 3.63) is 35.9 Å². The molecule has 148 valence electrons. The lowest BCUT2D eigenvalue weighted by molar-refractivity contribution is -0.129. The first kappa shape index (κ1) is 20.5. The van der Waals surface area contributed by atoms with Gasteiger partial charge in [0.05, 0.1) is 6.04 Å². The standard InChI is InChI=1S/C19H27N3O5/c1-19(2,3)27-18(25)21-15-9-10-22(12-15)16(23)11-20-17(24)26-13-14-7-5-4-6-8-14/h4-8,15H,9-13H2,1-3H3,(H,20,24)(H,21,25)/t15-/m1/s1. The number of carbonyl (C=O) groups is 3. The highest BCUT2D eigenvalue weighted by molar-refractivity contribution is 5.82. The normalized spacial score (nSPS) is 16.6. The third-order valence-corrected chi connectivity index (χ3v) is 3.86. The molecule has 1 aromatic carbocycles. The summed E-state index contributed by atoms with van der Waals surface area (Å²) in [6.45, 7) is 6.27. The zero-order valence-corrected chi connectivity index (χ0v) is 16.0. The van der Waals surface area contributed by atoms with Gasteiger partial charge in [-0.25, -0.2) is 9.59 Å². The molecule has 1 fully saturated rings. The Morgan fingerprint density at radius 2 is 1.85 bits per heavy atom. The Hall–Kier alpha value is -2.77. The van der Waals surface area contributed by atoms with E-state index in [-0.39, 0.29) is 25.1 Å². The van der Waals surface area contributed by atoms with Crippen molar-refractivity contribution >= 4 is 18.1 Å². The van der Waals surface area contributed by atoms with Gasteiger partial charge in [0.1, 0.15) is 18.8 Å². The summed E-state index contributed by atoms with van der Waals surface area (Å²) in [7, 11) is 0. The molecule has 1 aromatic rings. The molecule has 1 aliphatic rings. The van der Waals surface area contributed by atoms with Crippen LogP contribution >= 0.6 is 0 Å². The first-order valence-electron chi connectivity index (χ1n) is 8.95. The number of likely N-dealkylation sites (tertiary alicyclic amines) is 1. The molecule has 27 heavy (non-hydrogen) atoms. The number of carbonyl (C=O) groups excluding carboxylic acids is 3. The van der Waals surface area contributed by atoms with E-state index in [1.807, 2.05) is 30.3 Å². The summed E-state index contributed by atoms with van der Waals surface area (Å²) in [5, 5.41) is 5.21. The van der Waals surface area contributed by atoms with E-state index in [9.17, 15) is 14.4 Å². The Morgan fingerprint density at radius 3 is 2.52 bits per heavy atom. The first-order chi connectivity index (χ1) is 12.7. The van der Waals surface area contributed by atoms with Crippen molar-refractivity contribution < 1.29 is 23.9 Å². The van der Waals surface area contributed by atoms with Crippen LogP contribution in [-0.2, 0) is 20.9 Å². The van der Waals surface area contributed by atoms with E-state index >= 15 is 0 Å². The Labute approximate surface area is 159 Å². The molecule has 0 aromatic heterocycles. The van der Waals surface area contributed by atoms with Crippen molar-refractivity contribution in [3.8, 4) is 0 Å². The smallest absolute Gasteiger partial charge is 0.407 e. The number of alkyl carbamates (subject to hydrolysis) is 2. The van der Waals surface area contributed by atoms with Gasteiger partial charge >= 0.3 is 12.2 Å². The van der Waals surface area contributed by atoms with Crippen LogP contribution in [0.3, 0.4) is 0 Å². The van der Waals surface area contributed by atoms with E-state index in [0.717, 1.165) is 5.56 Å². The molecule has 8 nitrogen and oxygen atoms in total. The third-order valence-electron chi connectivity index (χ3n) is 3.86. The number of ether oxygens (including phenoxy) is 2. The zero-order valence-electron chi connectivity index (χ0n) is 16.0. The van der Waals surface area contributed by atoms with Crippen LogP contribution < -0.4 is 10.6 Å². The summed E-state index contributed by atoms with van der Waals surface area (Å²) < 4.78 is 10.3. The number of hydrogen-bond donors (Lipinski definition) is 2. The fourth-order valence-corrected chi connectivity index (χ4v) is 2.61. The molecule has 0 spiro atoms. The van der Waals surface area contributed by atoms with Crippen LogP contribution in [-0.4, -0.2) is 54.3 Å². The molecular formula is C19H27N3O5. The predicted octanol–water partition coefficient (Wildman–Crippen LogP) is 2.04. The summed E-state index contributed by atoms with van der Waals surface area (Å²) in [5.41, 5.74) is 0.303. The minimum absolute atomic E-state index is 0.145. The molecule has 0 bridgehead atoms. The molecule has 1 saturated heterocycles. The third kappa shape index (κ3) is 7.55. The largest absolute Gasteiger partial charge is 0.445 e. The number of rotatable bonds is 5. The quantitative estimate of drug-likeness (QED) is 0.818. The second-order valence-electron chi connectivity index (χ2n) is 7.39. The van der Waals surface area contributed by atoms with Crippen LogP contribution in [0.25, 0.3) is 0 Å². The van der Waals surface area contributed by atoms with E-state index in [1.165, 1.54) is 0 Å². The number of hydrogen-bond acceptors (Lipinski definition) is 5. The van der Waals surface area contributed by atoms with Crippen molar-refractivity contribution in [1.29, 1.82) is 0 Å².